The first kappa shape index (κ1) is 17.3. The molecular weight excluding hydrogens is 312 g/mol. The summed E-state index contributed by atoms with van der Waals surface area (Å²) >= 11 is 0. The molecule has 0 atom stereocenters. The van der Waals surface area contributed by atoms with Crippen LogP contribution < -0.4 is 0 Å². The highest BCUT2D eigenvalue weighted by molar-refractivity contribution is 6.27. The Kier molecular flexibility index (Phi) is 4.71. The monoisotopic (exact) mass is 336 g/mol. The van der Waals surface area contributed by atoms with E-state index in [9.17, 15) is 9.59 Å². The van der Waals surface area contributed by atoms with E-state index in [4.69, 9.17) is 0 Å². The van der Waals surface area contributed by atoms with Crippen molar-refractivity contribution < 1.29 is 9.59 Å². The second kappa shape index (κ2) is 6.79. The predicted octanol–water partition coefficient (Wildman–Crippen LogP) is 4.43. The highest BCUT2D eigenvalue weighted by Crippen LogP contribution is 2.28. The van der Waals surface area contributed by atoms with Crippen molar-refractivity contribution in [3.8, 4) is 0 Å². The quantitative estimate of drug-likeness (QED) is 0.693. The number of imidazole rings is 1. The maximum Gasteiger partial charge on any atom is 0.214 e. The van der Waals surface area contributed by atoms with E-state index in [0.29, 0.717) is 28.6 Å². The summed E-state index contributed by atoms with van der Waals surface area (Å²) in [5.41, 5.74) is 2.79. The van der Waals surface area contributed by atoms with Crippen LogP contribution in [0.3, 0.4) is 0 Å². The molecule has 3 rings (SSSR count). The minimum atomic E-state index is -0.169. The summed E-state index contributed by atoms with van der Waals surface area (Å²) < 4.78 is 1.75. The van der Waals surface area contributed by atoms with Crippen LogP contribution in [-0.2, 0) is 7.05 Å². The van der Waals surface area contributed by atoms with Crippen LogP contribution >= 0.6 is 0 Å². The van der Waals surface area contributed by atoms with Gasteiger partial charge < -0.3 is 4.57 Å². The van der Waals surface area contributed by atoms with Gasteiger partial charge >= 0.3 is 0 Å². The van der Waals surface area contributed by atoms with Crippen LogP contribution in [0.4, 0.5) is 0 Å². The maximum absolute atomic E-state index is 12.8. The molecular formula is C21H24N2O2. The normalized spacial score (nSPS) is 14.0. The number of aromatic nitrogens is 2. The van der Waals surface area contributed by atoms with Gasteiger partial charge in [-0.15, -0.1) is 0 Å². The highest BCUT2D eigenvalue weighted by Gasteiger charge is 2.34. The van der Waals surface area contributed by atoms with E-state index >= 15 is 0 Å². The number of benzene rings is 1. The zero-order chi connectivity index (χ0) is 18.1. The van der Waals surface area contributed by atoms with Gasteiger partial charge in [0.05, 0.1) is 0 Å². The van der Waals surface area contributed by atoms with Crippen molar-refractivity contribution >= 4 is 17.6 Å². The molecule has 4 nitrogen and oxygen atoms in total. The number of carbonyl (C=O) groups excluding carboxylic acids is 2. The number of fused-ring (bicyclic) bond motifs is 2. The topological polar surface area (TPSA) is 52.0 Å². The second-order valence-electron chi connectivity index (χ2n) is 7.21. The molecule has 2 aromatic rings. The van der Waals surface area contributed by atoms with Gasteiger partial charge in [-0.3, -0.25) is 9.59 Å². The van der Waals surface area contributed by atoms with E-state index in [1.807, 2.05) is 6.08 Å². The molecule has 1 aromatic heterocycles. The molecule has 0 bridgehead atoms. The van der Waals surface area contributed by atoms with Crippen LogP contribution in [0.2, 0.25) is 0 Å². The van der Waals surface area contributed by atoms with Crippen LogP contribution in [-0.4, -0.2) is 21.1 Å². The molecule has 130 valence electrons. The Balaban J connectivity index is 1.93. The molecule has 1 aromatic carbocycles. The summed E-state index contributed by atoms with van der Waals surface area (Å²) in [6, 6.07) is 6.96. The molecule has 1 aliphatic rings. The van der Waals surface area contributed by atoms with Crippen LogP contribution in [0.15, 0.2) is 29.8 Å². The first-order chi connectivity index (χ1) is 11.9. The van der Waals surface area contributed by atoms with Crippen molar-refractivity contribution in [2.75, 3.05) is 0 Å². The fraction of sp³-hybridized carbons (Fsp3) is 0.381. The number of hydrogen-bond acceptors (Lipinski definition) is 3. The lowest BCUT2D eigenvalue weighted by molar-refractivity contribution is 0.0971. The van der Waals surface area contributed by atoms with Crippen LogP contribution in [0.1, 0.15) is 78.0 Å². The molecule has 1 heterocycles. The average Bonchev–Trinajstić information content (AvgIpc) is 2.89. The summed E-state index contributed by atoms with van der Waals surface area (Å²) in [5, 5.41) is 0. The Morgan fingerprint density at radius 1 is 1.16 bits per heavy atom. The maximum atomic E-state index is 12.8. The molecule has 0 spiro atoms. The van der Waals surface area contributed by atoms with Gasteiger partial charge in [-0.25, -0.2) is 4.98 Å². The van der Waals surface area contributed by atoms with E-state index in [1.165, 1.54) is 12.0 Å². The fourth-order valence-electron chi connectivity index (χ4n) is 3.28. The van der Waals surface area contributed by atoms with Gasteiger partial charge in [-0.2, -0.15) is 0 Å². The van der Waals surface area contributed by atoms with Gasteiger partial charge in [0.1, 0.15) is 17.2 Å². The van der Waals surface area contributed by atoms with Gasteiger partial charge in [0.25, 0.3) is 0 Å². The van der Waals surface area contributed by atoms with Crippen molar-refractivity contribution in [3.05, 3.63) is 58.2 Å². The lowest BCUT2D eigenvalue weighted by Crippen LogP contribution is -2.22. The predicted molar refractivity (Wildman–Crippen MR) is 98.9 cm³/mol. The zero-order valence-corrected chi connectivity index (χ0v) is 15.3. The van der Waals surface area contributed by atoms with Gasteiger partial charge in [-0.05, 0) is 31.8 Å². The molecule has 0 unspecified atom stereocenters. The van der Waals surface area contributed by atoms with E-state index in [-0.39, 0.29) is 17.3 Å². The summed E-state index contributed by atoms with van der Waals surface area (Å²) in [7, 11) is 1.80. The Bertz CT molecular complexity index is 872. The average molecular weight is 336 g/mol. The van der Waals surface area contributed by atoms with Crippen LogP contribution in [0.5, 0.6) is 0 Å². The van der Waals surface area contributed by atoms with E-state index in [2.05, 4.69) is 25.8 Å². The standard InChI is InChI=1S/C21H24N2O2/c1-13(2)8-7-9-14(3)12-17-22-18-19(23(17)4)21(25)16-11-6-5-10-15(16)20(18)24/h5-6,10-13H,7-9H2,1-4H3/b14-12+. The minimum absolute atomic E-state index is 0.127. The van der Waals surface area contributed by atoms with Crippen molar-refractivity contribution in [2.45, 2.75) is 40.0 Å². The highest BCUT2D eigenvalue weighted by atomic mass is 16.1. The van der Waals surface area contributed by atoms with Crippen molar-refractivity contribution in [2.24, 2.45) is 13.0 Å². The SMILES string of the molecule is C/C(=C\c1nc2c(n1C)C(=O)c1ccccc1C2=O)CCCC(C)C. The third kappa shape index (κ3) is 3.21. The molecule has 0 saturated heterocycles. The third-order valence-electron chi connectivity index (χ3n) is 4.70. The van der Waals surface area contributed by atoms with E-state index in [0.717, 1.165) is 12.8 Å². The molecule has 0 amide bonds. The Morgan fingerprint density at radius 2 is 1.80 bits per heavy atom. The lowest BCUT2D eigenvalue weighted by Gasteiger charge is -2.14. The zero-order valence-electron chi connectivity index (χ0n) is 15.3. The summed E-state index contributed by atoms with van der Waals surface area (Å²) in [6.07, 6.45) is 5.31. The number of hydrogen-bond donors (Lipinski definition) is 0. The smallest absolute Gasteiger partial charge is 0.214 e. The number of ketones is 2. The van der Waals surface area contributed by atoms with Crippen LogP contribution in [0.25, 0.3) is 6.08 Å². The molecule has 0 saturated carbocycles. The molecule has 1 aliphatic carbocycles. The third-order valence-corrected chi connectivity index (χ3v) is 4.70. The number of nitrogens with zero attached hydrogens (tertiary/aromatic N) is 2. The first-order valence-corrected chi connectivity index (χ1v) is 8.82. The fourth-order valence-corrected chi connectivity index (χ4v) is 3.28. The Morgan fingerprint density at radius 3 is 2.44 bits per heavy atom. The molecule has 0 N–H and O–H groups in total. The number of carbonyl (C=O) groups is 2. The van der Waals surface area contributed by atoms with Crippen molar-refractivity contribution in [1.29, 1.82) is 0 Å². The number of rotatable bonds is 5. The van der Waals surface area contributed by atoms with Crippen molar-refractivity contribution in [3.63, 3.8) is 0 Å². The Labute approximate surface area is 148 Å². The molecule has 0 fully saturated rings. The van der Waals surface area contributed by atoms with E-state index < -0.39 is 0 Å². The molecule has 4 heteroatoms. The summed E-state index contributed by atoms with van der Waals surface area (Å²) in [6.45, 7) is 6.52. The van der Waals surface area contributed by atoms with Gasteiger partial charge in [0.2, 0.25) is 11.6 Å². The number of allylic oxidation sites excluding steroid dienone is 1. The van der Waals surface area contributed by atoms with Crippen LogP contribution in [0, 0.1) is 5.92 Å². The molecule has 25 heavy (non-hydrogen) atoms. The van der Waals surface area contributed by atoms with E-state index in [1.54, 1.807) is 35.9 Å². The molecule has 0 radical (unpaired) electrons. The first-order valence-electron chi connectivity index (χ1n) is 8.82. The van der Waals surface area contributed by atoms with Crippen molar-refractivity contribution in [1.82, 2.24) is 9.55 Å². The molecule has 0 aliphatic heterocycles. The minimum Gasteiger partial charge on any atom is -0.324 e. The largest absolute Gasteiger partial charge is 0.324 e. The summed E-state index contributed by atoms with van der Waals surface area (Å²) in [4.78, 5) is 30.0. The van der Waals surface area contributed by atoms with Gasteiger partial charge in [-0.1, -0.05) is 50.1 Å². The Hall–Kier alpha value is -2.49. The second-order valence-corrected chi connectivity index (χ2v) is 7.21. The summed E-state index contributed by atoms with van der Waals surface area (Å²) in [5.74, 6) is 1.07. The van der Waals surface area contributed by atoms with Gasteiger partial charge in [0, 0.05) is 18.2 Å². The van der Waals surface area contributed by atoms with Gasteiger partial charge in [0.15, 0.2) is 0 Å². The lowest BCUT2D eigenvalue weighted by atomic mass is 9.90.